The zero-order valence-corrected chi connectivity index (χ0v) is 32.6. The molecular weight excluding hydrogens is 725 g/mol. The molecule has 2 aliphatic rings. The summed E-state index contributed by atoms with van der Waals surface area (Å²) in [5, 5.41) is 9.09. The van der Waals surface area contributed by atoms with Gasteiger partial charge in [-0.3, -0.25) is 13.9 Å². The second kappa shape index (κ2) is 17.6. The van der Waals surface area contributed by atoms with E-state index < -0.39 is 37.0 Å². The molecule has 2 heterocycles. The van der Waals surface area contributed by atoms with Gasteiger partial charge in [0.15, 0.2) is 12.3 Å². The third-order valence-corrected chi connectivity index (χ3v) is 11.8. The van der Waals surface area contributed by atoms with Crippen LogP contribution in [-0.2, 0) is 50.1 Å². The van der Waals surface area contributed by atoms with E-state index in [1.54, 1.807) is 33.5 Å². The quantitative estimate of drug-likeness (QED) is 0.0650. The van der Waals surface area contributed by atoms with E-state index in [2.05, 4.69) is 9.48 Å². The number of hydrogen-bond donors (Lipinski definition) is 3. The predicted octanol–water partition coefficient (Wildman–Crippen LogP) is 5.67. The molecule has 0 amide bonds. The Morgan fingerprint density at radius 1 is 0.792 bits per heavy atom. The van der Waals surface area contributed by atoms with Crippen molar-refractivity contribution in [3.8, 4) is 0 Å². The molecule has 0 saturated heterocycles. The minimum atomic E-state index is -4.46. The molecule has 0 aromatic heterocycles. The van der Waals surface area contributed by atoms with Crippen molar-refractivity contribution in [2.24, 2.45) is 0 Å². The topological polar surface area (TPSA) is 180 Å². The summed E-state index contributed by atoms with van der Waals surface area (Å²) in [5.41, 5.74) is 3.51. The number of carboxylic acids is 1. The fourth-order valence-corrected chi connectivity index (χ4v) is 8.28. The number of unbranched alkanes of at least 4 members (excludes halogenated alkanes) is 2. The van der Waals surface area contributed by atoms with Gasteiger partial charge in [0.05, 0.1) is 15.2 Å². The van der Waals surface area contributed by atoms with Crippen LogP contribution in [0.25, 0.3) is 0 Å². The summed E-state index contributed by atoms with van der Waals surface area (Å²) in [6.45, 7) is 6.27. The molecule has 53 heavy (non-hydrogen) atoms. The van der Waals surface area contributed by atoms with E-state index >= 15 is 0 Å². The van der Waals surface area contributed by atoms with E-state index in [0.29, 0.717) is 65.0 Å². The summed E-state index contributed by atoms with van der Waals surface area (Å²) in [4.78, 5) is 12.8. The number of carbonyl (C=O) groups is 1. The van der Waals surface area contributed by atoms with Crippen LogP contribution in [0.2, 0.25) is 0 Å². The Morgan fingerprint density at radius 3 is 2.00 bits per heavy atom. The van der Waals surface area contributed by atoms with Crippen LogP contribution in [-0.4, -0.2) is 102 Å². The highest BCUT2D eigenvalue weighted by atomic mass is 32.2. The molecule has 3 N–H and O–H groups in total. The average molecular weight is 776 g/mol. The molecule has 2 aromatic carbocycles. The Labute approximate surface area is 312 Å². The molecule has 0 aliphatic carbocycles. The first-order valence-electron chi connectivity index (χ1n) is 17.4. The molecule has 15 heteroatoms. The second-order valence-electron chi connectivity index (χ2n) is 13.6. The Balaban J connectivity index is 1.77. The highest BCUT2D eigenvalue weighted by molar-refractivity contribution is 7.86. The average Bonchev–Trinajstić information content (AvgIpc) is 3.47. The smallest absolute Gasteiger partial charge is 0.303 e. The maximum Gasteiger partial charge on any atom is 0.303 e. The first-order chi connectivity index (χ1) is 25.0. The van der Waals surface area contributed by atoms with Crippen LogP contribution in [0.4, 0.5) is 11.4 Å². The first-order valence-corrected chi connectivity index (χ1v) is 20.3. The zero-order chi connectivity index (χ0) is 39.0. The SMILES string of the molecule is COCC[N+]1=C(/C=C/C=C/C=C2/N(CCCCCC(=O)O)c3ccc(S(=O)(=O)O)cc3C2(C)CCOC)C(C)(CCOC)c2cc(S(=O)(=O)O)ccc21. The normalized spacial score (nSPS) is 21.0. The highest BCUT2D eigenvalue weighted by Gasteiger charge is 2.48. The van der Waals surface area contributed by atoms with E-state index in [4.69, 9.17) is 19.3 Å². The number of benzene rings is 2. The van der Waals surface area contributed by atoms with Crippen molar-refractivity contribution in [1.82, 2.24) is 0 Å². The lowest BCUT2D eigenvalue weighted by molar-refractivity contribution is -0.441. The maximum absolute atomic E-state index is 12.2. The van der Waals surface area contributed by atoms with Gasteiger partial charge >= 0.3 is 5.97 Å². The van der Waals surface area contributed by atoms with Crippen molar-refractivity contribution < 1.29 is 54.6 Å². The van der Waals surface area contributed by atoms with Gasteiger partial charge in [0, 0.05) is 82.0 Å². The minimum absolute atomic E-state index is 0.0802. The van der Waals surface area contributed by atoms with E-state index in [0.717, 1.165) is 33.9 Å². The van der Waals surface area contributed by atoms with Gasteiger partial charge in [0.2, 0.25) is 5.69 Å². The van der Waals surface area contributed by atoms with E-state index in [9.17, 15) is 30.7 Å². The molecule has 2 unspecified atom stereocenters. The molecule has 290 valence electrons. The number of nitrogens with zero attached hydrogens (tertiary/aromatic N) is 2. The van der Waals surface area contributed by atoms with Gasteiger partial charge < -0.3 is 24.2 Å². The van der Waals surface area contributed by atoms with E-state index in [1.807, 2.05) is 44.2 Å². The fourth-order valence-electron chi connectivity index (χ4n) is 7.27. The van der Waals surface area contributed by atoms with Crippen LogP contribution in [0.3, 0.4) is 0 Å². The van der Waals surface area contributed by atoms with Crippen molar-refractivity contribution >= 4 is 43.3 Å². The summed E-state index contributed by atoms with van der Waals surface area (Å²) in [7, 11) is -4.09. The lowest BCUT2D eigenvalue weighted by Gasteiger charge is -2.30. The molecule has 2 atom stereocenters. The Bertz CT molecular complexity index is 2000. The Hall–Kier alpha value is -3.70. The number of fused-ring (bicyclic) bond motifs is 2. The number of anilines is 1. The lowest BCUT2D eigenvalue weighted by atomic mass is 9.76. The van der Waals surface area contributed by atoms with E-state index in [1.165, 1.54) is 24.3 Å². The number of aliphatic carboxylic acids is 1. The lowest BCUT2D eigenvalue weighted by Crippen LogP contribution is -2.33. The Kier molecular flexibility index (Phi) is 14.0. The third-order valence-electron chi connectivity index (χ3n) is 10.1. The molecular formula is C38H51N2O11S2+. The number of methoxy groups -OCH3 is 3. The van der Waals surface area contributed by atoms with Crippen LogP contribution in [0.5, 0.6) is 0 Å². The molecule has 2 aromatic rings. The first kappa shape index (κ1) is 42.0. The van der Waals surface area contributed by atoms with Crippen molar-refractivity contribution in [3.63, 3.8) is 0 Å². The number of carboxylic acid groups (broad SMARTS) is 1. The van der Waals surface area contributed by atoms with Crippen LogP contribution in [0, 0.1) is 0 Å². The van der Waals surface area contributed by atoms with Gasteiger partial charge in [-0.1, -0.05) is 24.6 Å². The van der Waals surface area contributed by atoms with Crippen LogP contribution >= 0.6 is 0 Å². The second-order valence-corrected chi connectivity index (χ2v) is 16.5. The molecule has 0 spiro atoms. The Morgan fingerprint density at radius 2 is 1.40 bits per heavy atom. The van der Waals surface area contributed by atoms with Gasteiger partial charge in [-0.05, 0) is 81.5 Å². The molecule has 13 nitrogen and oxygen atoms in total. The molecule has 0 bridgehead atoms. The highest BCUT2D eigenvalue weighted by Crippen LogP contribution is 2.51. The van der Waals surface area contributed by atoms with Gasteiger partial charge in [-0.15, -0.1) is 0 Å². The fraction of sp³-hybridized carbons (Fsp3) is 0.474. The summed E-state index contributed by atoms with van der Waals surface area (Å²) < 4.78 is 86.7. The summed E-state index contributed by atoms with van der Waals surface area (Å²) >= 11 is 0. The monoisotopic (exact) mass is 775 g/mol. The molecule has 4 rings (SSSR count). The van der Waals surface area contributed by atoms with Crippen molar-refractivity contribution in [3.05, 3.63) is 83.6 Å². The number of ether oxygens (including phenoxy) is 3. The number of allylic oxidation sites excluding steroid dienone is 6. The maximum atomic E-state index is 12.2. The van der Waals surface area contributed by atoms with Gasteiger partial charge in [-0.2, -0.15) is 21.4 Å². The zero-order valence-electron chi connectivity index (χ0n) is 30.9. The largest absolute Gasteiger partial charge is 0.481 e. The molecule has 0 radical (unpaired) electrons. The van der Waals surface area contributed by atoms with Crippen molar-refractivity contribution in [2.75, 3.05) is 59.1 Å². The van der Waals surface area contributed by atoms with Crippen molar-refractivity contribution in [1.29, 1.82) is 0 Å². The number of hydrogen-bond acceptors (Lipinski definition) is 9. The third kappa shape index (κ3) is 9.52. The van der Waals surface area contributed by atoms with E-state index in [-0.39, 0.29) is 16.2 Å². The van der Waals surface area contributed by atoms with Gasteiger partial charge in [0.25, 0.3) is 20.2 Å². The number of rotatable bonds is 20. The standard InChI is InChI=1S/C38H50N2O11S2/c1-37(19-23-49-3)30-26-28(52(43,44)45)15-17-32(30)39(21-11-7-10-14-36(41)42)34(37)12-8-6-9-13-35-38(2,20-24-50-4)31-27-29(53(46,47)48)16-18-33(31)40(35)22-25-51-5/h6,8-9,12-13,15-18,26-27H,7,10-11,14,19-25H2,1-5H3,(H2-,41,42,43,44,45,46,47,48)/p+1. The van der Waals surface area contributed by atoms with Crippen LogP contribution in [0.1, 0.15) is 63.5 Å². The molecule has 0 saturated carbocycles. The predicted molar refractivity (Wildman–Crippen MR) is 202 cm³/mol. The van der Waals surface area contributed by atoms with Gasteiger partial charge in [0.1, 0.15) is 6.61 Å². The van der Waals surface area contributed by atoms with Gasteiger partial charge in [-0.25, -0.2) is 0 Å². The van der Waals surface area contributed by atoms with Crippen LogP contribution < -0.4 is 4.90 Å². The molecule has 2 aliphatic heterocycles. The van der Waals surface area contributed by atoms with Crippen LogP contribution in [0.15, 0.2) is 82.3 Å². The summed E-state index contributed by atoms with van der Waals surface area (Å²) in [6.07, 6.45) is 12.7. The summed E-state index contributed by atoms with van der Waals surface area (Å²) in [6, 6.07) is 9.20. The summed E-state index contributed by atoms with van der Waals surface area (Å²) in [5.74, 6) is -0.844. The minimum Gasteiger partial charge on any atom is -0.481 e. The molecule has 0 fully saturated rings. The van der Waals surface area contributed by atoms with Crippen molar-refractivity contribution in [2.45, 2.75) is 73.0 Å².